The van der Waals surface area contributed by atoms with Crippen molar-refractivity contribution in [2.24, 2.45) is 0 Å². The second-order valence-corrected chi connectivity index (χ2v) is 9.61. The summed E-state index contributed by atoms with van der Waals surface area (Å²) in [4.78, 5) is 53.1. The Morgan fingerprint density at radius 1 is 1.19 bits per heavy atom. The van der Waals surface area contributed by atoms with Crippen LogP contribution in [0.3, 0.4) is 0 Å². The second kappa shape index (κ2) is 10.1. The molecule has 0 radical (unpaired) electrons. The Morgan fingerprint density at radius 3 is 2.86 bits per heavy atom. The van der Waals surface area contributed by atoms with E-state index in [4.69, 9.17) is 9.26 Å². The average Bonchev–Trinajstić information content (AvgIpc) is 3.47. The Morgan fingerprint density at radius 2 is 2.06 bits per heavy atom. The third kappa shape index (κ3) is 4.72. The molecule has 2 saturated heterocycles. The van der Waals surface area contributed by atoms with Gasteiger partial charge in [-0.25, -0.2) is 0 Å². The molecule has 0 bridgehead atoms. The van der Waals surface area contributed by atoms with E-state index in [1.807, 2.05) is 17.9 Å². The van der Waals surface area contributed by atoms with Crippen molar-refractivity contribution in [2.75, 3.05) is 13.2 Å². The Hall–Kier alpha value is -3.69. The normalized spacial score (nSPS) is 22.0. The lowest BCUT2D eigenvalue weighted by molar-refractivity contribution is -0.136. The monoisotopic (exact) mass is 494 g/mol. The molecule has 4 amide bonds. The molecule has 2 aromatic rings. The van der Waals surface area contributed by atoms with E-state index in [2.05, 4.69) is 10.5 Å². The molecule has 2 fully saturated rings. The number of benzene rings is 1. The number of hydrogen-bond donors (Lipinski definition) is 1. The number of amides is 4. The molecular weight excluding hydrogens is 464 g/mol. The van der Waals surface area contributed by atoms with Gasteiger partial charge in [0.25, 0.3) is 11.8 Å². The Bertz CT molecular complexity index is 1190. The minimum Gasteiger partial charge on any atom is -0.491 e. The van der Waals surface area contributed by atoms with Gasteiger partial charge in [0.15, 0.2) is 5.69 Å². The van der Waals surface area contributed by atoms with Crippen LogP contribution in [-0.2, 0) is 22.6 Å². The van der Waals surface area contributed by atoms with Gasteiger partial charge in [-0.15, -0.1) is 0 Å². The summed E-state index contributed by atoms with van der Waals surface area (Å²) in [5, 5.41) is 6.29. The number of hydrogen-bond acceptors (Lipinski definition) is 7. The molecule has 0 aliphatic carbocycles. The first-order chi connectivity index (χ1) is 17.4. The first-order valence-corrected chi connectivity index (χ1v) is 12.6. The van der Waals surface area contributed by atoms with Crippen molar-refractivity contribution in [3.05, 3.63) is 46.8 Å². The lowest BCUT2D eigenvalue weighted by Gasteiger charge is -2.35. The summed E-state index contributed by atoms with van der Waals surface area (Å²) in [6, 6.07) is 6.27. The van der Waals surface area contributed by atoms with Crippen LogP contribution in [0.15, 0.2) is 28.8 Å². The third-order valence-corrected chi connectivity index (χ3v) is 7.10. The van der Waals surface area contributed by atoms with Crippen molar-refractivity contribution < 1.29 is 28.4 Å². The summed E-state index contributed by atoms with van der Waals surface area (Å²) in [7, 11) is 0. The van der Waals surface area contributed by atoms with E-state index in [0.29, 0.717) is 42.3 Å². The van der Waals surface area contributed by atoms with Gasteiger partial charge in [0.05, 0.1) is 6.04 Å². The number of aryl methyl sites for hydroxylation is 1. The zero-order chi connectivity index (χ0) is 25.2. The molecule has 0 saturated carbocycles. The van der Waals surface area contributed by atoms with Crippen LogP contribution >= 0.6 is 0 Å². The average molecular weight is 495 g/mol. The van der Waals surface area contributed by atoms with Crippen molar-refractivity contribution in [1.29, 1.82) is 0 Å². The van der Waals surface area contributed by atoms with Crippen LogP contribution in [0.1, 0.15) is 77.6 Å². The first kappa shape index (κ1) is 24.0. The van der Waals surface area contributed by atoms with E-state index in [1.54, 1.807) is 18.2 Å². The molecule has 5 rings (SSSR count). The van der Waals surface area contributed by atoms with Gasteiger partial charge in [-0.3, -0.25) is 24.5 Å². The molecular formula is C26H30N4O6. The summed E-state index contributed by atoms with van der Waals surface area (Å²) in [6.45, 7) is 3.30. The largest absolute Gasteiger partial charge is 0.491 e. The summed E-state index contributed by atoms with van der Waals surface area (Å²) in [6.07, 6.45) is 4.98. The number of ether oxygens (including phenoxy) is 1. The van der Waals surface area contributed by atoms with Crippen molar-refractivity contribution >= 4 is 23.6 Å². The second-order valence-electron chi connectivity index (χ2n) is 9.61. The standard InChI is InChI=1S/C26H30N4O6/c1-2-5-19-13-21(28-36-19)26(34)29-11-4-3-6-17(29)15-35-18-7-8-20-16(12-18)14-30(25(20)33)22-9-10-23(31)27-24(22)32/h7-8,12-13,17,22H,2-6,9-11,14-15H2,1H3,(H,27,31,32)/t17-,22?/m1/s1. The van der Waals surface area contributed by atoms with Crippen LogP contribution < -0.4 is 10.1 Å². The molecule has 10 heteroatoms. The van der Waals surface area contributed by atoms with Gasteiger partial charge in [-0.05, 0) is 55.9 Å². The van der Waals surface area contributed by atoms with E-state index in [-0.39, 0.29) is 36.7 Å². The highest BCUT2D eigenvalue weighted by Gasteiger charge is 2.39. The number of nitrogens with zero attached hydrogens (tertiary/aromatic N) is 3. The SMILES string of the molecule is CCCc1cc(C(=O)N2CCCC[C@@H]2COc2ccc3c(c2)CN(C2CCC(=O)NC2=O)C3=O)no1. The molecule has 36 heavy (non-hydrogen) atoms. The van der Waals surface area contributed by atoms with Gasteiger partial charge in [-0.2, -0.15) is 0 Å². The van der Waals surface area contributed by atoms with Gasteiger partial charge >= 0.3 is 0 Å². The maximum absolute atomic E-state index is 13.1. The number of fused-ring (bicyclic) bond motifs is 1. The zero-order valence-corrected chi connectivity index (χ0v) is 20.3. The maximum atomic E-state index is 13.1. The van der Waals surface area contributed by atoms with Gasteiger partial charge in [0, 0.05) is 37.6 Å². The number of aromatic nitrogens is 1. The summed E-state index contributed by atoms with van der Waals surface area (Å²) >= 11 is 0. The van der Waals surface area contributed by atoms with Crippen LogP contribution in [0.4, 0.5) is 0 Å². The number of rotatable bonds is 7. The highest BCUT2D eigenvalue weighted by Crippen LogP contribution is 2.30. The smallest absolute Gasteiger partial charge is 0.276 e. The van der Waals surface area contributed by atoms with Crippen molar-refractivity contribution in [2.45, 2.75) is 70.5 Å². The Balaban J connectivity index is 1.24. The van der Waals surface area contributed by atoms with Gasteiger partial charge in [-0.1, -0.05) is 12.1 Å². The third-order valence-electron chi connectivity index (χ3n) is 7.10. The van der Waals surface area contributed by atoms with Crippen LogP contribution in [0.2, 0.25) is 0 Å². The highest BCUT2D eigenvalue weighted by molar-refractivity contribution is 6.05. The maximum Gasteiger partial charge on any atom is 0.276 e. The molecule has 10 nitrogen and oxygen atoms in total. The van der Waals surface area contributed by atoms with Gasteiger partial charge in [0.1, 0.15) is 24.2 Å². The van der Waals surface area contributed by atoms with Crippen LogP contribution in [0.5, 0.6) is 5.75 Å². The number of nitrogens with one attached hydrogen (secondary N) is 1. The van der Waals surface area contributed by atoms with E-state index < -0.39 is 11.9 Å². The summed E-state index contributed by atoms with van der Waals surface area (Å²) < 4.78 is 11.4. The molecule has 1 N–H and O–H groups in total. The van der Waals surface area contributed by atoms with Crippen LogP contribution in [0, 0.1) is 0 Å². The number of carbonyl (C=O) groups is 4. The number of carbonyl (C=O) groups excluding carboxylic acids is 4. The van der Waals surface area contributed by atoms with E-state index in [0.717, 1.165) is 37.7 Å². The number of piperidine rings is 2. The van der Waals surface area contributed by atoms with Crippen molar-refractivity contribution in [3.63, 3.8) is 0 Å². The van der Waals surface area contributed by atoms with Gasteiger partial charge < -0.3 is 19.1 Å². The fraction of sp³-hybridized carbons (Fsp3) is 0.500. The van der Waals surface area contributed by atoms with Crippen LogP contribution in [-0.4, -0.2) is 63.8 Å². The topological polar surface area (TPSA) is 122 Å². The fourth-order valence-corrected chi connectivity index (χ4v) is 5.20. The first-order valence-electron chi connectivity index (χ1n) is 12.6. The highest BCUT2D eigenvalue weighted by atomic mass is 16.5. The molecule has 3 aliphatic heterocycles. The number of imide groups is 1. The Labute approximate surface area is 208 Å². The van der Waals surface area contributed by atoms with Crippen LogP contribution in [0.25, 0.3) is 0 Å². The summed E-state index contributed by atoms with van der Waals surface area (Å²) in [5.41, 5.74) is 1.65. The fourth-order valence-electron chi connectivity index (χ4n) is 5.20. The predicted molar refractivity (Wildman–Crippen MR) is 127 cm³/mol. The molecule has 3 aliphatic rings. The summed E-state index contributed by atoms with van der Waals surface area (Å²) in [5.74, 6) is 0.219. The quantitative estimate of drug-likeness (QED) is 0.587. The molecule has 1 aromatic heterocycles. The molecule has 0 spiro atoms. The number of likely N-dealkylation sites (tertiary alicyclic amines) is 1. The lowest BCUT2D eigenvalue weighted by atomic mass is 10.0. The molecule has 2 atom stereocenters. The minimum absolute atomic E-state index is 0.0903. The molecule has 1 unspecified atom stereocenters. The molecule has 4 heterocycles. The molecule has 190 valence electrons. The molecule has 1 aromatic carbocycles. The van der Waals surface area contributed by atoms with Crippen molar-refractivity contribution in [3.8, 4) is 5.75 Å². The van der Waals surface area contributed by atoms with Gasteiger partial charge in [0.2, 0.25) is 11.8 Å². The van der Waals surface area contributed by atoms with Crippen molar-refractivity contribution in [1.82, 2.24) is 20.3 Å². The predicted octanol–water partition coefficient (Wildman–Crippen LogP) is 2.46. The van der Waals surface area contributed by atoms with E-state index in [1.165, 1.54) is 4.90 Å². The Kier molecular flexibility index (Phi) is 6.75. The minimum atomic E-state index is -0.650. The zero-order valence-electron chi connectivity index (χ0n) is 20.3. The van der Waals surface area contributed by atoms with E-state index >= 15 is 0 Å². The van der Waals surface area contributed by atoms with E-state index in [9.17, 15) is 19.2 Å². The lowest BCUT2D eigenvalue weighted by Crippen LogP contribution is -2.52.